The predicted octanol–water partition coefficient (Wildman–Crippen LogP) is 2.46. The molecule has 12 heavy (non-hydrogen) atoms. The van der Waals surface area contributed by atoms with Gasteiger partial charge < -0.3 is 5.32 Å². The molecule has 2 rings (SSSR count). The van der Waals surface area contributed by atoms with Crippen molar-refractivity contribution in [2.24, 2.45) is 5.92 Å². The normalized spacial score (nSPS) is 30.4. The SMILES string of the molecule is CC1CCNCC1c1cccs1. The molecule has 1 saturated heterocycles. The first kappa shape index (κ1) is 8.27. The molecule has 0 aromatic carbocycles. The van der Waals surface area contributed by atoms with E-state index in [1.807, 2.05) is 11.3 Å². The lowest BCUT2D eigenvalue weighted by Crippen LogP contribution is -2.33. The number of hydrogen-bond acceptors (Lipinski definition) is 2. The van der Waals surface area contributed by atoms with Gasteiger partial charge in [-0.3, -0.25) is 0 Å². The van der Waals surface area contributed by atoms with Crippen molar-refractivity contribution in [2.75, 3.05) is 13.1 Å². The predicted molar refractivity (Wildman–Crippen MR) is 53.7 cm³/mol. The summed E-state index contributed by atoms with van der Waals surface area (Å²) in [5.41, 5.74) is 0. The van der Waals surface area contributed by atoms with Crippen LogP contribution in [-0.4, -0.2) is 13.1 Å². The van der Waals surface area contributed by atoms with Gasteiger partial charge in [-0.05, 0) is 30.3 Å². The van der Waals surface area contributed by atoms with Gasteiger partial charge in [0, 0.05) is 17.3 Å². The molecule has 2 atom stereocenters. The van der Waals surface area contributed by atoms with E-state index in [1.165, 1.54) is 19.5 Å². The first-order chi connectivity index (χ1) is 5.88. The molecule has 0 amide bonds. The second-order valence-electron chi connectivity index (χ2n) is 3.59. The summed E-state index contributed by atoms with van der Waals surface area (Å²) in [5, 5.41) is 5.64. The standard InChI is InChI=1S/C10H15NS/c1-8-4-5-11-7-9(8)10-3-2-6-12-10/h2-3,6,8-9,11H,4-5,7H2,1H3. The fourth-order valence-electron chi connectivity index (χ4n) is 1.87. The molecule has 1 aromatic rings. The third-order valence-corrected chi connectivity index (χ3v) is 3.74. The van der Waals surface area contributed by atoms with Crippen molar-refractivity contribution in [1.82, 2.24) is 5.32 Å². The zero-order valence-corrected chi connectivity index (χ0v) is 8.23. The van der Waals surface area contributed by atoms with Gasteiger partial charge in [0.15, 0.2) is 0 Å². The number of hydrogen-bond donors (Lipinski definition) is 1. The Balaban J connectivity index is 2.11. The molecule has 0 radical (unpaired) electrons. The molecule has 1 fully saturated rings. The van der Waals surface area contributed by atoms with Crippen LogP contribution in [0.1, 0.15) is 24.1 Å². The minimum absolute atomic E-state index is 0.763. The van der Waals surface area contributed by atoms with E-state index in [2.05, 4.69) is 29.8 Å². The number of thiophene rings is 1. The molecule has 1 N–H and O–H groups in total. The average Bonchev–Trinajstić information content (AvgIpc) is 2.57. The quantitative estimate of drug-likeness (QED) is 0.702. The van der Waals surface area contributed by atoms with E-state index in [1.54, 1.807) is 4.88 Å². The Hall–Kier alpha value is -0.340. The van der Waals surface area contributed by atoms with Gasteiger partial charge in [0.2, 0.25) is 0 Å². The van der Waals surface area contributed by atoms with Crippen LogP contribution in [0.5, 0.6) is 0 Å². The van der Waals surface area contributed by atoms with E-state index in [0.717, 1.165) is 11.8 Å². The maximum atomic E-state index is 3.46. The van der Waals surface area contributed by atoms with Gasteiger partial charge in [0.1, 0.15) is 0 Å². The van der Waals surface area contributed by atoms with Gasteiger partial charge in [0.05, 0.1) is 0 Å². The number of rotatable bonds is 1. The van der Waals surface area contributed by atoms with Crippen molar-refractivity contribution in [1.29, 1.82) is 0 Å². The molecule has 0 spiro atoms. The molecular weight excluding hydrogens is 166 g/mol. The molecule has 66 valence electrons. The summed E-state index contributed by atoms with van der Waals surface area (Å²) in [6, 6.07) is 4.42. The van der Waals surface area contributed by atoms with Crippen molar-refractivity contribution in [3.8, 4) is 0 Å². The minimum atomic E-state index is 0.763. The van der Waals surface area contributed by atoms with Crippen LogP contribution in [0.2, 0.25) is 0 Å². The highest BCUT2D eigenvalue weighted by atomic mass is 32.1. The highest BCUT2D eigenvalue weighted by molar-refractivity contribution is 7.10. The Bertz CT molecular complexity index is 230. The fraction of sp³-hybridized carbons (Fsp3) is 0.600. The summed E-state index contributed by atoms with van der Waals surface area (Å²) in [6.45, 7) is 4.73. The molecular formula is C10H15NS. The molecule has 2 heterocycles. The monoisotopic (exact) mass is 181 g/mol. The Labute approximate surface area is 77.8 Å². The van der Waals surface area contributed by atoms with Crippen LogP contribution >= 0.6 is 11.3 Å². The maximum Gasteiger partial charge on any atom is 0.00915 e. The van der Waals surface area contributed by atoms with Crippen LogP contribution in [0.15, 0.2) is 17.5 Å². The van der Waals surface area contributed by atoms with E-state index in [-0.39, 0.29) is 0 Å². The summed E-state index contributed by atoms with van der Waals surface area (Å²) in [5.74, 6) is 1.61. The Morgan fingerprint density at radius 2 is 2.50 bits per heavy atom. The topological polar surface area (TPSA) is 12.0 Å². The third-order valence-electron chi connectivity index (χ3n) is 2.74. The molecule has 1 aliphatic rings. The molecule has 0 saturated carbocycles. The van der Waals surface area contributed by atoms with Gasteiger partial charge >= 0.3 is 0 Å². The van der Waals surface area contributed by atoms with Gasteiger partial charge in [-0.15, -0.1) is 11.3 Å². The lowest BCUT2D eigenvalue weighted by molar-refractivity contribution is 0.352. The largest absolute Gasteiger partial charge is 0.316 e. The zero-order chi connectivity index (χ0) is 8.39. The first-order valence-corrected chi connectivity index (χ1v) is 5.50. The lowest BCUT2D eigenvalue weighted by atomic mass is 9.87. The van der Waals surface area contributed by atoms with Crippen LogP contribution in [0, 0.1) is 5.92 Å². The van der Waals surface area contributed by atoms with Crippen molar-refractivity contribution in [3.63, 3.8) is 0 Å². The van der Waals surface area contributed by atoms with E-state index >= 15 is 0 Å². The highest BCUT2D eigenvalue weighted by Crippen LogP contribution is 2.31. The van der Waals surface area contributed by atoms with Crippen LogP contribution in [0.4, 0.5) is 0 Å². The van der Waals surface area contributed by atoms with Crippen molar-refractivity contribution in [2.45, 2.75) is 19.3 Å². The van der Waals surface area contributed by atoms with Crippen LogP contribution in [0.25, 0.3) is 0 Å². The number of piperidine rings is 1. The van der Waals surface area contributed by atoms with E-state index in [9.17, 15) is 0 Å². The maximum absolute atomic E-state index is 3.46. The van der Waals surface area contributed by atoms with E-state index in [4.69, 9.17) is 0 Å². The third kappa shape index (κ3) is 1.54. The lowest BCUT2D eigenvalue weighted by Gasteiger charge is -2.28. The molecule has 1 nitrogen and oxygen atoms in total. The van der Waals surface area contributed by atoms with Crippen LogP contribution in [0.3, 0.4) is 0 Å². The smallest absolute Gasteiger partial charge is 0.00915 e. The second kappa shape index (κ2) is 3.58. The summed E-state index contributed by atoms with van der Waals surface area (Å²) in [7, 11) is 0. The Morgan fingerprint density at radius 1 is 1.58 bits per heavy atom. The molecule has 1 aromatic heterocycles. The molecule has 2 unspecified atom stereocenters. The summed E-state index contributed by atoms with van der Waals surface area (Å²) in [4.78, 5) is 1.55. The second-order valence-corrected chi connectivity index (χ2v) is 4.57. The first-order valence-electron chi connectivity index (χ1n) is 4.62. The minimum Gasteiger partial charge on any atom is -0.316 e. The van der Waals surface area contributed by atoms with Gasteiger partial charge in [0.25, 0.3) is 0 Å². The molecule has 2 heteroatoms. The summed E-state index contributed by atoms with van der Waals surface area (Å²) in [6.07, 6.45) is 1.32. The van der Waals surface area contributed by atoms with Crippen molar-refractivity contribution < 1.29 is 0 Å². The Kier molecular flexibility index (Phi) is 2.47. The van der Waals surface area contributed by atoms with E-state index < -0.39 is 0 Å². The Morgan fingerprint density at radius 3 is 3.17 bits per heavy atom. The van der Waals surface area contributed by atoms with Crippen LogP contribution < -0.4 is 5.32 Å². The zero-order valence-electron chi connectivity index (χ0n) is 7.42. The molecule has 0 aliphatic carbocycles. The molecule has 1 aliphatic heterocycles. The van der Waals surface area contributed by atoms with Crippen molar-refractivity contribution in [3.05, 3.63) is 22.4 Å². The van der Waals surface area contributed by atoms with E-state index in [0.29, 0.717) is 0 Å². The fourth-order valence-corrected chi connectivity index (χ4v) is 2.83. The van der Waals surface area contributed by atoms with Crippen molar-refractivity contribution >= 4 is 11.3 Å². The van der Waals surface area contributed by atoms with Gasteiger partial charge in [-0.1, -0.05) is 13.0 Å². The van der Waals surface area contributed by atoms with Gasteiger partial charge in [-0.25, -0.2) is 0 Å². The summed E-state index contributed by atoms with van der Waals surface area (Å²) < 4.78 is 0. The highest BCUT2D eigenvalue weighted by Gasteiger charge is 2.22. The number of nitrogens with one attached hydrogen (secondary N) is 1. The van der Waals surface area contributed by atoms with Crippen LogP contribution in [-0.2, 0) is 0 Å². The molecule has 0 bridgehead atoms. The average molecular weight is 181 g/mol. The van der Waals surface area contributed by atoms with Gasteiger partial charge in [-0.2, -0.15) is 0 Å². The summed E-state index contributed by atoms with van der Waals surface area (Å²) >= 11 is 1.89.